The molecule has 5 nitrogen and oxygen atoms in total. The molecule has 0 spiro atoms. The van der Waals surface area contributed by atoms with Crippen molar-refractivity contribution in [2.45, 2.75) is 24.3 Å². The van der Waals surface area contributed by atoms with Crippen LogP contribution in [0, 0.1) is 0 Å². The van der Waals surface area contributed by atoms with Crippen LogP contribution < -0.4 is 5.32 Å². The Morgan fingerprint density at radius 1 is 1.35 bits per heavy atom. The zero-order valence-corrected chi connectivity index (χ0v) is 12.8. The molecule has 1 aliphatic rings. The summed E-state index contributed by atoms with van der Waals surface area (Å²) in [6.07, 6.45) is 0.894. The lowest BCUT2D eigenvalue weighted by Gasteiger charge is -2.32. The summed E-state index contributed by atoms with van der Waals surface area (Å²) < 4.78 is 32.0. The number of benzene rings is 1. The van der Waals surface area contributed by atoms with Gasteiger partial charge < -0.3 is 10.1 Å². The van der Waals surface area contributed by atoms with Crippen molar-refractivity contribution < 1.29 is 13.2 Å². The maximum atomic E-state index is 12.6. The van der Waals surface area contributed by atoms with Gasteiger partial charge in [-0.05, 0) is 44.6 Å². The Morgan fingerprint density at radius 3 is 2.65 bits per heavy atom. The summed E-state index contributed by atoms with van der Waals surface area (Å²) in [7, 11) is -1.51. The van der Waals surface area contributed by atoms with Gasteiger partial charge in [0.15, 0.2) is 0 Å². The van der Waals surface area contributed by atoms with Gasteiger partial charge in [-0.15, -0.1) is 0 Å². The lowest BCUT2D eigenvalue weighted by atomic mass is 10.1. The highest BCUT2D eigenvalue weighted by Crippen LogP contribution is 2.20. The van der Waals surface area contributed by atoms with Gasteiger partial charge in [0.05, 0.1) is 18.1 Å². The maximum Gasteiger partial charge on any atom is 0.243 e. The Bertz CT molecular complexity index is 528. The lowest BCUT2D eigenvalue weighted by molar-refractivity contribution is 0.0393. The van der Waals surface area contributed by atoms with Gasteiger partial charge in [-0.25, -0.2) is 8.42 Å². The molecule has 1 aromatic carbocycles. The van der Waals surface area contributed by atoms with Gasteiger partial charge in [0.1, 0.15) is 0 Å². The van der Waals surface area contributed by atoms with Gasteiger partial charge in [-0.1, -0.05) is 12.1 Å². The number of likely N-dealkylation sites (N-methyl/N-ethyl adjacent to an activating group) is 1. The highest BCUT2D eigenvalue weighted by Gasteiger charge is 2.31. The molecule has 6 heteroatoms. The topological polar surface area (TPSA) is 58.6 Å². The van der Waals surface area contributed by atoms with Crippen molar-refractivity contribution in [1.82, 2.24) is 9.62 Å². The molecule has 1 heterocycles. The molecule has 1 aliphatic heterocycles. The van der Waals surface area contributed by atoms with E-state index in [1.807, 2.05) is 26.1 Å². The minimum absolute atomic E-state index is 0.113. The summed E-state index contributed by atoms with van der Waals surface area (Å²) in [5.74, 6) is 0. The largest absolute Gasteiger partial charge is 0.378 e. The van der Waals surface area contributed by atoms with E-state index in [0.717, 1.165) is 18.5 Å². The molecule has 1 N–H and O–H groups in total. The summed E-state index contributed by atoms with van der Waals surface area (Å²) in [6.45, 7) is 4.10. The molecule has 1 atom stereocenters. The van der Waals surface area contributed by atoms with E-state index in [1.54, 1.807) is 12.1 Å². The van der Waals surface area contributed by atoms with Gasteiger partial charge in [-0.2, -0.15) is 4.31 Å². The Morgan fingerprint density at radius 2 is 2.05 bits per heavy atom. The third-order valence-corrected chi connectivity index (χ3v) is 5.53. The van der Waals surface area contributed by atoms with E-state index in [9.17, 15) is 8.42 Å². The standard InChI is InChI=1S/C14H22N2O3S/c1-12-11-19-10-9-16(12)20(17,18)14-5-3-13(4-6-14)7-8-15-2/h3-6,12,15H,7-11H2,1-2H3. The van der Waals surface area contributed by atoms with E-state index in [0.29, 0.717) is 24.7 Å². The van der Waals surface area contributed by atoms with Crippen LogP contribution in [0.4, 0.5) is 0 Å². The maximum absolute atomic E-state index is 12.6. The first-order chi connectivity index (χ1) is 9.55. The molecule has 0 aromatic heterocycles. The zero-order chi connectivity index (χ0) is 14.6. The molecule has 20 heavy (non-hydrogen) atoms. The SMILES string of the molecule is CNCCc1ccc(S(=O)(=O)N2CCOCC2C)cc1. The van der Waals surface area contributed by atoms with E-state index in [-0.39, 0.29) is 6.04 Å². The zero-order valence-electron chi connectivity index (χ0n) is 12.0. The van der Waals surface area contributed by atoms with Crippen molar-refractivity contribution in [3.05, 3.63) is 29.8 Å². The number of hydrogen-bond donors (Lipinski definition) is 1. The van der Waals surface area contributed by atoms with Crippen LogP contribution in [0.1, 0.15) is 12.5 Å². The van der Waals surface area contributed by atoms with Crippen LogP contribution in [0.2, 0.25) is 0 Å². The molecule has 1 fully saturated rings. The predicted octanol–water partition coefficient (Wildman–Crippen LogP) is 0.858. The van der Waals surface area contributed by atoms with Crippen molar-refractivity contribution in [2.75, 3.05) is 33.4 Å². The Labute approximate surface area is 121 Å². The first-order valence-electron chi connectivity index (χ1n) is 6.89. The number of nitrogens with zero attached hydrogens (tertiary/aromatic N) is 1. The molecule has 0 aliphatic carbocycles. The number of nitrogens with one attached hydrogen (secondary N) is 1. The van der Waals surface area contributed by atoms with E-state index in [2.05, 4.69) is 5.32 Å². The summed E-state index contributed by atoms with van der Waals surface area (Å²) in [5, 5.41) is 3.08. The third kappa shape index (κ3) is 3.38. The molecule has 112 valence electrons. The highest BCUT2D eigenvalue weighted by molar-refractivity contribution is 7.89. The summed E-state index contributed by atoms with van der Waals surface area (Å²) in [4.78, 5) is 0.361. The summed E-state index contributed by atoms with van der Waals surface area (Å²) in [5.41, 5.74) is 1.13. The second-order valence-corrected chi connectivity index (χ2v) is 6.93. The molecule has 1 saturated heterocycles. The molecular weight excluding hydrogens is 276 g/mol. The fraction of sp³-hybridized carbons (Fsp3) is 0.571. The van der Waals surface area contributed by atoms with Gasteiger partial charge in [0.2, 0.25) is 10.0 Å². The molecule has 1 unspecified atom stereocenters. The average Bonchev–Trinajstić information content (AvgIpc) is 2.46. The van der Waals surface area contributed by atoms with Crippen LogP contribution in [-0.4, -0.2) is 52.1 Å². The van der Waals surface area contributed by atoms with E-state index in [4.69, 9.17) is 4.74 Å². The molecule has 1 aromatic rings. The van der Waals surface area contributed by atoms with E-state index >= 15 is 0 Å². The van der Waals surface area contributed by atoms with Gasteiger partial charge in [-0.3, -0.25) is 0 Å². The van der Waals surface area contributed by atoms with Crippen LogP contribution in [-0.2, 0) is 21.2 Å². The van der Waals surface area contributed by atoms with E-state index in [1.165, 1.54) is 4.31 Å². The van der Waals surface area contributed by atoms with Crippen molar-refractivity contribution >= 4 is 10.0 Å². The van der Waals surface area contributed by atoms with Crippen LogP contribution in [0.15, 0.2) is 29.2 Å². The van der Waals surface area contributed by atoms with Crippen LogP contribution in [0.3, 0.4) is 0 Å². The molecule has 2 rings (SSSR count). The van der Waals surface area contributed by atoms with Crippen molar-refractivity contribution in [2.24, 2.45) is 0 Å². The Hall–Kier alpha value is -0.950. The summed E-state index contributed by atoms with van der Waals surface area (Å²) >= 11 is 0. The quantitative estimate of drug-likeness (QED) is 0.876. The number of rotatable bonds is 5. The first kappa shape index (κ1) is 15.4. The van der Waals surface area contributed by atoms with Crippen LogP contribution in [0.5, 0.6) is 0 Å². The predicted molar refractivity (Wildman–Crippen MR) is 78.2 cm³/mol. The Kier molecular flexibility index (Phi) is 5.15. The number of ether oxygens (including phenoxy) is 1. The van der Waals surface area contributed by atoms with Gasteiger partial charge >= 0.3 is 0 Å². The van der Waals surface area contributed by atoms with Crippen LogP contribution >= 0.6 is 0 Å². The third-order valence-electron chi connectivity index (χ3n) is 3.50. The fourth-order valence-electron chi connectivity index (χ4n) is 2.30. The van der Waals surface area contributed by atoms with Crippen molar-refractivity contribution in [1.29, 1.82) is 0 Å². The number of morpholine rings is 1. The fourth-order valence-corrected chi connectivity index (χ4v) is 3.90. The van der Waals surface area contributed by atoms with E-state index < -0.39 is 10.0 Å². The highest BCUT2D eigenvalue weighted by atomic mass is 32.2. The van der Waals surface area contributed by atoms with Crippen molar-refractivity contribution in [3.8, 4) is 0 Å². The first-order valence-corrected chi connectivity index (χ1v) is 8.33. The minimum atomic E-state index is -3.41. The van der Waals surface area contributed by atoms with Gasteiger partial charge in [0.25, 0.3) is 0 Å². The monoisotopic (exact) mass is 298 g/mol. The smallest absolute Gasteiger partial charge is 0.243 e. The number of sulfonamides is 1. The second kappa shape index (κ2) is 6.67. The minimum Gasteiger partial charge on any atom is -0.378 e. The van der Waals surface area contributed by atoms with Gasteiger partial charge in [0, 0.05) is 12.6 Å². The van der Waals surface area contributed by atoms with Crippen molar-refractivity contribution in [3.63, 3.8) is 0 Å². The Balaban J connectivity index is 2.16. The molecule has 0 saturated carbocycles. The summed E-state index contributed by atoms with van der Waals surface area (Å²) in [6, 6.07) is 7.05. The second-order valence-electron chi connectivity index (χ2n) is 5.04. The molecule has 0 amide bonds. The number of hydrogen-bond acceptors (Lipinski definition) is 4. The normalized spacial score (nSPS) is 21.0. The lowest BCUT2D eigenvalue weighted by Crippen LogP contribution is -2.46. The van der Waals surface area contributed by atoms with Crippen LogP contribution in [0.25, 0.3) is 0 Å². The molecule has 0 radical (unpaired) electrons. The average molecular weight is 298 g/mol. The molecular formula is C14H22N2O3S. The molecule has 0 bridgehead atoms.